The van der Waals surface area contributed by atoms with E-state index >= 15 is 0 Å². The van der Waals surface area contributed by atoms with Gasteiger partial charge in [-0.05, 0) is 39.4 Å². The van der Waals surface area contributed by atoms with Crippen molar-refractivity contribution in [1.29, 1.82) is 0 Å². The number of aromatic nitrogens is 3. The van der Waals surface area contributed by atoms with Gasteiger partial charge in [0.1, 0.15) is 5.82 Å². The number of amides is 1. The van der Waals surface area contributed by atoms with Crippen molar-refractivity contribution in [2.45, 2.75) is 31.5 Å². The van der Waals surface area contributed by atoms with E-state index in [0.717, 1.165) is 18.9 Å². The van der Waals surface area contributed by atoms with E-state index in [-0.39, 0.29) is 35.0 Å². The third-order valence-corrected chi connectivity index (χ3v) is 4.49. The highest BCUT2D eigenvalue weighted by Gasteiger charge is 2.37. The highest BCUT2D eigenvalue weighted by Crippen LogP contribution is 2.39. The summed E-state index contributed by atoms with van der Waals surface area (Å²) in [6.07, 6.45) is -2.39. The van der Waals surface area contributed by atoms with Crippen LogP contribution in [-0.4, -0.2) is 58.1 Å². The summed E-state index contributed by atoms with van der Waals surface area (Å²) in [6.45, 7) is 0.696. The van der Waals surface area contributed by atoms with Crippen LogP contribution in [0, 0.1) is 0 Å². The van der Waals surface area contributed by atoms with Crippen LogP contribution in [0.2, 0.25) is 0 Å². The van der Waals surface area contributed by atoms with Gasteiger partial charge in [-0.15, -0.1) is 0 Å². The molecule has 1 unspecified atom stereocenters. The number of rotatable bonds is 3. The number of hydrogen-bond acceptors (Lipinski definition) is 5. The molecule has 10 heteroatoms. The summed E-state index contributed by atoms with van der Waals surface area (Å²) in [4.78, 5) is 20.2. The Morgan fingerprint density at radius 1 is 1.42 bits per heavy atom. The van der Waals surface area contributed by atoms with Gasteiger partial charge < -0.3 is 15.5 Å². The number of H-pyrrole nitrogens is 1. The fourth-order valence-corrected chi connectivity index (χ4v) is 3.36. The summed E-state index contributed by atoms with van der Waals surface area (Å²) in [6, 6.07) is 0.500. The normalized spacial score (nSPS) is 18.7. The van der Waals surface area contributed by atoms with Crippen molar-refractivity contribution in [1.82, 2.24) is 25.0 Å². The van der Waals surface area contributed by atoms with Crippen molar-refractivity contribution in [2.75, 3.05) is 32.9 Å². The molecule has 1 saturated heterocycles. The third-order valence-electron chi connectivity index (χ3n) is 4.49. The summed E-state index contributed by atoms with van der Waals surface area (Å²) >= 11 is 0. The minimum absolute atomic E-state index is 0.0853. The summed E-state index contributed by atoms with van der Waals surface area (Å²) in [5.41, 5.74) is 4.84. The Hall–Kier alpha value is -2.36. The summed E-state index contributed by atoms with van der Waals surface area (Å²) < 4.78 is 40.6. The lowest BCUT2D eigenvalue weighted by molar-refractivity contribution is -0.136. The molecule has 0 spiro atoms. The molecule has 1 aliphatic rings. The average molecular weight is 370 g/mol. The second-order valence-corrected chi connectivity index (χ2v) is 6.76. The third kappa shape index (κ3) is 3.46. The van der Waals surface area contributed by atoms with Gasteiger partial charge in [-0.25, -0.2) is 4.98 Å². The minimum atomic E-state index is -4.60. The number of alkyl halides is 3. The molecular weight excluding hydrogens is 349 g/mol. The first-order valence-electron chi connectivity index (χ1n) is 8.34. The maximum Gasteiger partial charge on any atom is 0.417 e. The van der Waals surface area contributed by atoms with Crippen molar-refractivity contribution in [3.63, 3.8) is 0 Å². The summed E-state index contributed by atoms with van der Waals surface area (Å²) in [5, 5.41) is 5.92. The van der Waals surface area contributed by atoms with Crippen LogP contribution in [0.3, 0.4) is 0 Å². The van der Waals surface area contributed by atoms with E-state index < -0.39 is 17.8 Å². The second kappa shape index (κ2) is 6.75. The number of nitrogen functional groups attached to an aromatic ring is 1. The Bertz CT molecular complexity index is 816. The number of carbonyl (C=O) groups excluding carboxylic acids is 1. The number of piperidine rings is 1. The second-order valence-electron chi connectivity index (χ2n) is 6.76. The van der Waals surface area contributed by atoms with Gasteiger partial charge in [0.05, 0.1) is 29.2 Å². The van der Waals surface area contributed by atoms with Crippen LogP contribution < -0.4 is 5.73 Å². The molecule has 3 N–H and O–H groups in total. The highest BCUT2D eigenvalue weighted by molar-refractivity contribution is 5.90. The topological polar surface area (TPSA) is 91.1 Å². The maximum atomic E-state index is 13.5. The largest absolute Gasteiger partial charge is 0.417 e. The van der Waals surface area contributed by atoms with Crippen LogP contribution in [0.1, 0.15) is 36.6 Å². The molecule has 1 aliphatic heterocycles. The first kappa shape index (κ1) is 18.4. The quantitative estimate of drug-likeness (QED) is 0.864. The number of aromatic amines is 1. The molecule has 1 atom stereocenters. The van der Waals surface area contributed by atoms with Crippen molar-refractivity contribution in [3.8, 4) is 0 Å². The van der Waals surface area contributed by atoms with Crippen LogP contribution in [0.5, 0.6) is 0 Å². The first-order chi connectivity index (χ1) is 12.2. The van der Waals surface area contributed by atoms with E-state index in [9.17, 15) is 18.0 Å². The zero-order chi connectivity index (χ0) is 19.1. The number of nitrogens with one attached hydrogen (secondary N) is 1. The highest BCUT2D eigenvalue weighted by atomic mass is 19.4. The average Bonchev–Trinajstić information content (AvgIpc) is 2.94. The number of nitrogens with zero attached hydrogens (tertiary/aromatic N) is 4. The molecule has 2 aromatic heterocycles. The molecule has 0 radical (unpaired) electrons. The maximum absolute atomic E-state index is 13.5. The van der Waals surface area contributed by atoms with Crippen molar-refractivity contribution < 1.29 is 18.0 Å². The first-order valence-corrected chi connectivity index (χ1v) is 8.34. The van der Waals surface area contributed by atoms with Gasteiger partial charge in [-0.3, -0.25) is 9.89 Å². The lowest BCUT2D eigenvalue weighted by atomic mass is 9.97. The number of likely N-dealkylation sites (tertiary alicyclic amines) is 1. The lowest BCUT2D eigenvalue weighted by Gasteiger charge is -2.36. The van der Waals surface area contributed by atoms with Crippen LogP contribution in [-0.2, 0) is 11.0 Å². The predicted molar refractivity (Wildman–Crippen MR) is 90.2 cm³/mol. The number of fused-ring (bicyclic) bond motifs is 1. The van der Waals surface area contributed by atoms with Crippen LogP contribution >= 0.6 is 0 Å². The summed E-state index contributed by atoms with van der Waals surface area (Å²) in [7, 11) is 3.55. The van der Waals surface area contributed by atoms with Gasteiger partial charge in [-0.1, -0.05) is 0 Å². The van der Waals surface area contributed by atoms with E-state index in [1.807, 2.05) is 0 Å². The predicted octanol–water partition coefficient (Wildman–Crippen LogP) is 2.17. The molecule has 26 heavy (non-hydrogen) atoms. The number of carbonyl (C=O) groups is 1. The number of anilines is 1. The molecule has 1 fully saturated rings. The lowest BCUT2D eigenvalue weighted by Crippen LogP contribution is -2.43. The molecule has 3 rings (SSSR count). The fourth-order valence-electron chi connectivity index (χ4n) is 3.36. The number of halogens is 3. The molecule has 1 amide bonds. The fraction of sp³-hybridized carbons (Fsp3) is 0.562. The number of nitrogens with two attached hydrogens (primary N) is 1. The molecular formula is C16H21F3N6O. The molecule has 0 bridgehead atoms. The number of hydrogen-bond donors (Lipinski definition) is 2. The van der Waals surface area contributed by atoms with E-state index in [0.29, 0.717) is 13.0 Å². The van der Waals surface area contributed by atoms with Gasteiger partial charge in [0.2, 0.25) is 5.91 Å². The van der Waals surface area contributed by atoms with E-state index in [1.165, 1.54) is 0 Å². The van der Waals surface area contributed by atoms with E-state index in [2.05, 4.69) is 15.2 Å². The van der Waals surface area contributed by atoms with Crippen LogP contribution in [0.15, 0.2) is 6.07 Å². The monoisotopic (exact) mass is 370 g/mol. The van der Waals surface area contributed by atoms with Crippen LogP contribution in [0.4, 0.5) is 19.0 Å². The van der Waals surface area contributed by atoms with Gasteiger partial charge in [0, 0.05) is 6.54 Å². The number of pyridine rings is 1. The standard InChI is InChI=1S/C16H21F3N6O/c1-24(2)8-12(26)25-6-4-3-5-11(25)10-7-9(16(17,18)19)13-14(20)22-23-15(13)21-10/h7,11H,3-6,8H2,1-2H3,(H3,20,21,22,23). The Labute approximate surface area is 148 Å². The summed E-state index contributed by atoms with van der Waals surface area (Å²) in [5.74, 6) is -0.299. The molecule has 2 aromatic rings. The van der Waals surface area contributed by atoms with Crippen molar-refractivity contribution in [3.05, 3.63) is 17.3 Å². The molecule has 0 saturated carbocycles. The van der Waals surface area contributed by atoms with Gasteiger partial charge in [-0.2, -0.15) is 18.3 Å². The van der Waals surface area contributed by atoms with Gasteiger partial charge in [0.25, 0.3) is 0 Å². The molecule has 0 aromatic carbocycles. The van der Waals surface area contributed by atoms with Crippen LogP contribution in [0.25, 0.3) is 11.0 Å². The molecule has 3 heterocycles. The SMILES string of the molecule is CN(C)CC(=O)N1CCCCC1c1cc(C(F)(F)F)c2c(N)[nH]nc2n1. The van der Waals surface area contributed by atoms with Crippen molar-refractivity contribution >= 4 is 22.8 Å². The Morgan fingerprint density at radius 3 is 2.81 bits per heavy atom. The van der Waals surface area contributed by atoms with Gasteiger partial charge in [0.15, 0.2) is 5.65 Å². The molecule has 0 aliphatic carbocycles. The number of likely N-dealkylation sites (N-methyl/N-ethyl adjacent to an activating group) is 1. The van der Waals surface area contributed by atoms with E-state index in [4.69, 9.17) is 5.73 Å². The minimum Gasteiger partial charge on any atom is -0.383 e. The van der Waals surface area contributed by atoms with Gasteiger partial charge >= 0.3 is 6.18 Å². The van der Waals surface area contributed by atoms with E-state index in [1.54, 1.807) is 23.9 Å². The Morgan fingerprint density at radius 2 is 2.15 bits per heavy atom. The Balaban J connectivity index is 2.06. The zero-order valence-electron chi connectivity index (χ0n) is 14.6. The smallest absolute Gasteiger partial charge is 0.383 e. The molecule has 7 nitrogen and oxygen atoms in total. The Kier molecular flexibility index (Phi) is 4.78. The molecule has 142 valence electrons. The van der Waals surface area contributed by atoms with Crippen molar-refractivity contribution in [2.24, 2.45) is 0 Å². The zero-order valence-corrected chi connectivity index (χ0v) is 14.6.